The van der Waals surface area contributed by atoms with E-state index in [1.807, 2.05) is 26.0 Å². The minimum absolute atomic E-state index is 0.149. The molecule has 2 N–H and O–H groups in total. The van der Waals surface area contributed by atoms with Crippen LogP contribution in [0.15, 0.2) is 18.2 Å². The SMILES string of the molecule is Cc1cc(NCC2(O)CCOC2C)ccc1C#N. The Labute approximate surface area is 107 Å². The minimum atomic E-state index is -0.804. The van der Waals surface area contributed by atoms with Gasteiger partial charge in [0.15, 0.2) is 0 Å². The first-order chi connectivity index (χ1) is 8.55. The number of nitrogens with one attached hydrogen (secondary N) is 1. The third-order valence-corrected chi connectivity index (χ3v) is 3.61. The first kappa shape index (κ1) is 12.9. The molecule has 0 amide bonds. The number of aryl methyl sites for hydroxylation is 1. The van der Waals surface area contributed by atoms with Gasteiger partial charge in [0.2, 0.25) is 0 Å². The molecule has 1 heterocycles. The second-order valence-corrected chi connectivity index (χ2v) is 4.86. The fourth-order valence-electron chi connectivity index (χ4n) is 2.16. The smallest absolute Gasteiger partial charge is 0.110 e. The Hall–Kier alpha value is -1.57. The lowest BCUT2D eigenvalue weighted by Crippen LogP contribution is -2.43. The van der Waals surface area contributed by atoms with Gasteiger partial charge in [-0.25, -0.2) is 0 Å². The number of ether oxygens (including phenoxy) is 1. The highest BCUT2D eigenvalue weighted by Gasteiger charge is 2.39. The second kappa shape index (κ2) is 4.97. The van der Waals surface area contributed by atoms with Crippen LogP contribution in [0, 0.1) is 18.3 Å². The van der Waals surface area contributed by atoms with Crippen molar-refractivity contribution in [1.82, 2.24) is 0 Å². The summed E-state index contributed by atoms with van der Waals surface area (Å²) in [6, 6.07) is 7.70. The maximum Gasteiger partial charge on any atom is 0.110 e. The van der Waals surface area contributed by atoms with Crippen molar-refractivity contribution in [3.05, 3.63) is 29.3 Å². The zero-order valence-electron chi connectivity index (χ0n) is 10.7. The molecule has 2 unspecified atom stereocenters. The highest BCUT2D eigenvalue weighted by atomic mass is 16.5. The highest BCUT2D eigenvalue weighted by molar-refractivity contribution is 5.51. The number of anilines is 1. The van der Waals surface area contributed by atoms with E-state index in [9.17, 15) is 5.11 Å². The van der Waals surface area contributed by atoms with Crippen molar-refractivity contribution in [1.29, 1.82) is 5.26 Å². The molecule has 2 rings (SSSR count). The molecule has 1 aliphatic heterocycles. The molecule has 96 valence electrons. The molecule has 0 saturated carbocycles. The van der Waals surface area contributed by atoms with Crippen LogP contribution in [0.4, 0.5) is 5.69 Å². The van der Waals surface area contributed by atoms with Crippen molar-refractivity contribution in [3.63, 3.8) is 0 Å². The van der Waals surface area contributed by atoms with Gasteiger partial charge < -0.3 is 15.2 Å². The number of nitrogens with zero attached hydrogens (tertiary/aromatic N) is 1. The number of aliphatic hydroxyl groups is 1. The molecule has 4 nitrogen and oxygen atoms in total. The molecule has 1 aliphatic rings. The summed E-state index contributed by atoms with van der Waals surface area (Å²) in [6.07, 6.45) is 0.501. The number of nitriles is 1. The van der Waals surface area contributed by atoms with Gasteiger partial charge in [-0.15, -0.1) is 0 Å². The van der Waals surface area contributed by atoms with E-state index in [0.29, 0.717) is 25.1 Å². The topological polar surface area (TPSA) is 65.3 Å². The zero-order chi connectivity index (χ0) is 13.2. The van der Waals surface area contributed by atoms with E-state index in [-0.39, 0.29) is 6.10 Å². The summed E-state index contributed by atoms with van der Waals surface area (Å²) in [5.74, 6) is 0. The number of hydrogen-bond acceptors (Lipinski definition) is 4. The van der Waals surface area contributed by atoms with Crippen molar-refractivity contribution in [3.8, 4) is 6.07 Å². The maximum atomic E-state index is 10.4. The summed E-state index contributed by atoms with van der Waals surface area (Å²) >= 11 is 0. The lowest BCUT2D eigenvalue weighted by Gasteiger charge is -2.26. The average molecular weight is 246 g/mol. The van der Waals surface area contributed by atoms with Crippen molar-refractivity contribution in [2.75, 3.05) is 18.5 Å². The predicted molar refractivity (Wildman–Crippen MR) is 69.4 cm³/mol. The Balaban J connectivity index is 2.03. The Morgan fingerprint density at radius 2 is 2.39 bits per heavy atom. The molecule has 18 heavy (non-hydrogen) atoms. The summed E-state index contributed by atoms with van der Waals surface area (Å²) in [5.41, 5.74) is 1.72. The van der Waals surface area contributed by atoms with E-state index in [4.69, 9.17) is 10.00 Å². The van der Waals surface area contributed by atoms with Crippen molar-refractivity contribution in [2.24, 2.45) is 0 Å². The standard InChI is InChI=1S/C14H18N2O2/c1-10-7-13(4-3-12(10)8-15)16-9-14(17)5-6-18-11(14)2/h3-4,7,11,16-17H,5-6,9H2,1-2H3. The summed E-state index contributed by atoms with van der Waals surface area (Å²) in [4.78, 5) is 0. The van der Waals surface area contributed by atoms with Crippen molar-refractivity contribution >= 4 is 5.69 Å². The number of rotatable bonds is 3. The molecular weight excluding hydrogens is 228 g/mol. The third kappa shape index (κ3) is 2.47. The van der Waals surface area contributed by atoms with Gasteiger partial charge in [0.1, 0.15) is 5.60 Å². The Morgan fingerprint density at radius 3 is 2.94 bits per heavy atom. The molecule has 1 aromatic carbocycles. The van der Waals surface area contributed by atoms with Crippen LogP contribution in [0.1, 0.15) is 24.5 Å². The summed E-state index contributed by atoms with van der Waals surface area (Å²) in [7, 11) is 0. The van der Waals surface area contributed by atoms with Crippen LogP contribution in [-0.2, 0) is 4.74 Å². The molecule has 2 atom stereocenters. The zero-order valence-corrected chi connectivity index (χ0v) is 10.7. The maximum absolute atomic E-state index is 10.4. The molecule has 0 bridgehead atoms. The van der Waals surface area contributed by atoms with E-state index in [1.54, 1.807) is 6.07 Å². The summed E-state index contributed by atoms with van der Waals surface area (Å²) in [6.45, 7) is 4.85. The van der Waals surface area contributed by atoms with Crippen LogP contribution in [0.3, 0.4) is 0 Å². The lowest BCUT2D eigenvalue weighted by molar-refractivity contribution is -0.0175. The van der Waals surface area contributed by atoms with E-state index >= 15 is 0 Å². The van der Waals surface area contributed by atoms with E-state index in [1.165, 1.54) is 0 Å². The Morgan fingerprint density at radius 1 is 1.61 bits per heavy atom. The third-order valence-electron chi connectivity index (χ3n) is 3.61. The molecule has 0 radical (unpaired) electrons. The fraction of sp³-hybridized carbons (Fsp3) is 0.500. The van der Waals surface area contributed by atoms with E-state index < -0.39 is 5.60 Å². The van der Waals surface area contributed by atoms with Crippen molar-refractivity contribution < 1.29 is 9.84 Å². The second-order valence-electron chi connectivity index (χ2n) is 4.86. The average Bonchev–Trinajstić information content (AvgIpc) is 2.68. The van der Waals surface area contributed by atoms with Crippen LogP contribution >= 0.6 is 0 Å². The normalized spacial score (nSPS) is 26.9. The van der Waals surface area contributed by atoms with Gasteiger partial charge in [-0.05, 0) is 37.6 Å². The van der Waals surface area contributed by atoms with Crippen molar-refractivity contribution in [2.45, 2.75) is 32.0 Å². The van der Waals surface area contributed by atoms with Gasteiger partial charge in [-0.1, -0.05) is 0 Å². The van der Waals surface area contributed by atoms with Crippen LogP contribution < -0.4 is 5.32 Å². The predicted octanol–water partition coefficient (Wildman–Crippen LogP) is 1.82. The van der Waals surface area contributed by atoms with Crippen LogP contribution in [0.25, 0.3) is 0 Å². The number of benzene rings is 1. The molecule has 1 aromatic rings. The molecule has 1 saturated heterocycles. The molecule has 0 aromatic heterocycles. The van der Waals surface area contributed by atoms with Crippen LogP contribution in [-0.4, -0.2) is 30.0 Å². The molecule has 0 aliphatic carbocycles. The first-order valence-electron chi connectivity index (χ1n) is 6.14. The molecular formula is C14H18N2O2. The lowest BCUT2D eigenvalue weighted by atomic mass is 9.96. The summed E-state index contributed by atoms with van der Waals surface area (Å²) < 4.78 is 5.38. The monoisotopic (exact) mass is 246 g/mol. The highest BCUT2D eigenvalue weighted by Crippen LogP contribution is 2.26. The Kier molecular flexibility index (Phi) is 3.55. The Bertz CT molecular complexity index is 481. The van der Waals surface area contributed by atoms with Gasteiger partial charge in [-0.2, -0.15) is 5.26 Å². The summed E-state index contributed by atoms with van der Waals surface area (Å²) in [5, 5.41) is 22.4. The van der Waals surface area contributed by atoms with E-state index in [0.717, 1.165) is 11.3 Å². The molecule has 4 heteroatoms. The largest absolute Gasteiger partial charge is 0.385 e. The van der Waals surface area contributed by atoms with Gasteiger partial charge in [0, 0.05) is 25.3 Å². The molecule has 0 spiro atoms. The fourth-order valence-corrected chi connectivity index (χ4v) is 2.16. The van der Waals surface area contributed by atoms with Gasteiger partial charge in [0.05, 0.1) is 17.7 Å². The van der Waals surface area contributed by atoms with Gasteiger partial charge in [-0.3, -0.25) is 0 Å². The first-order valence-corrected chi connectivity index (χ1v) is 6.14. The molecule has 1 fully saturated rings. The van der Waals surface area contributed by atoms with Crippen LogP contribution in [0.2, 0.25) is 0 Å². The van der Waals surface area contributed by atoms with E-state index in [2.05, 4.69) is 11.4 Å². The van der Waals surface area contributed by atoms with Gasteiger partial charge in [0.25, 0.3) is 0 Å². The quantitative estimate of drug-likeness (QED) is 0.853. The van der Waals surface area contributed by atoms with Gasteiger partial charge >= 0.3 is 0 Å². The van der Waals surface area contributed by atoms with Crippen LogP contribution in [0.5, 0.6) is 0 Å². The minimum Gasteiger partial charge on any atom is -0.385 e. The number of hydrogen-bond donors (Lipinski definition) is 2.